The number of nitrogens with one attached hydrogen (secondary N) is 1. The molecule has 0 saturated heterocycles. The Morgan fingerprint density at radius 3 is 2.56 bits per heavy atom. The van der Waals surface area contributed by atoms with Gasteiger partial charge in [-0.05, 0) is 71.7 Å². The molecule has 0 aliphatic carbocycles. The first-order valence-electron chi connectivity index (χ1n) is 7.79. The van der Waals surface area contributed by atoms with Crippen molar-refractivity contribution in [3.63, 3.8) is 0 Å². The number of hydrogen-bond donors (Lipinski definition) is 1. The van der Waals surface area contributed by atoms with E-state index >= 15 is 0 Å². The van der Waals surface area contributed by atoms with Crippen LogP contribution in [0, 0.1) is 13.8 Å². The van der Waals surface area contributed by atoms with Gasteiger partial charge in [0.1, 0.15) is 0 Å². The molecule has 3 rings (SSSR count). The molecule has 0 bridgehead atoms. The number of rotatable bonds is 4. The minimum atomic E-state index is -0.154. The van der Waals surface area contributed by atoms with Gasteiger partial charge in [0.15, 0.2) is 0 Å². The SMILES string of the molecule is Cc1nn(Cc2cccc(C(=O)Nc3ccc(Cl)cc3)c2)c(C)c1Br. The van der Waals surface area contributed by atoms with Gasteiger partial charge in [0.2, 0.25) is 0 Å². The third-order valence-corrected chi connectivity index (χ3v) is 5.32. The maximum atomic E-state index is 12.5. The van der Waals surface area contributed by atoms with Crippen LogP contribution < -0.4 is 5.32 Å². The Morgan fingerprint density at radius 2 is 1.92 bits per heavy atom. The van der Waals surface area contributed by atoms with E-state index in [1.807, 2.05) is 36.7 Å². The zero-order valence-electron chi connectivity index (χ0n) is 13.9. The standard InChI is InChI=1S/C19H17BrClN3O/c1-12-18(20)13(2)24(23-12)11-14-4-3-5-15(10-14)19(25)22-17-8-6-16(21)7-9-17/h3-10H,11H2,1-2H3,(H,22,25). The molecule has 0 fully saturated rings. The van der Waals surface area contributed by atoms with Gasteiger partial charge < -0.3 is 5.32 Å². The summed E-state index contributed by atoms with van der Waals surface area (Å²) < 4.78 is 2.94. The lowest BCUT2D eigenvalue weighted by Gasteiger charge is -2.08. The number of nitrogens with zero attached hydrogens (tertiary/aromatic N) is 2. The van der Waals surface area contributed by atoms with Crippen LogP contribution in [0.1, 0.15) is 27.3 Å². The van der Waals surface area contributed by atoms with E-state index in [1.165, 1.54) is 0 Å². The van der Waals surface area contributed by atoms with Gasteiger partial charge in [-0.15, -0.1) is 0 Å². The molecule has 0 unspecified atom stereocenters. The molecule has 4 nitrogen and oxygen atoms in total. The van der Waals surface area contributed by atoms with Crippen molar-refractivity contribution in [3.8, 4) is 0 Å². The maximum absolute atomic E-state index is 12.5. The predicted molar refractivity (Wildman–Crippen MR) is 104 cm³/mol. The molecule has 6 heteroatoms. The highest BCUT2D eigenvalue weighted by Crippen LogP contribution is 2.21. The van der Waals surface area contributed by atoms with E-state index in [-0.39, 0.29) is 5.91 Å². The van der Waals surface area contributed by atoms with Crippen molar-refractivity contribution in [2.45, 2.75) is 20.4 Å². The first-order chi connectivity index (χ1) is 11.9. The minimum absolute atomic E-state index is 0.154. The zero-order valence-corrected chi connectivity index (χ0v) is 16.2. The lowest BCUT2D eigenvalue weighted by Crippen LogP contribution is -2.12. The fraction of sp³-hybridized carbons (Fsp3) is 0.158. The highest BCUT2D eigenvalue weighted by molar-refractivity contribution is 9.10. The lowest BCUT2D eigenvalue weighted by atomic mass is 10.1. The van der Waals surface area contributed by atoms with Gasteiger partial charge in [-0.2, -0.15) is 5.10 Å². The predicted octanol–water partition coefficient (Wildman–Crippen LogP) is 5.22. The summed E-state index contributed by atoms with van der Waals surface area (Å²) in [6, 6.07) is 14.6. The first kappa shape index (κ1) is 17.7. The molecule has 0 aliphatic heterocycles. The average molecular weight is 419 g/mol. The summed E-state index contributed by atoms with van der Waals surface area (Å²) in [5.74, 6) is -0.154. The molecule has 0 spiro atoms. The normalized spacial score (nSPS) is 10.7. The Hall–Kier alpha value is -2.11. The quantitative estimate of drug-likeness (QED) is 0.631. The monoisotopic (exact) mass is 417 g/mol. The molecule has 128 valence electrons. The molecule has 0 saturated carbocycles. The van der Waals surface area contributed by atoms with Crippen LogP contribution in [0.3, 0.4) is 0 Å². The molecule has 1 aromatic heterocycles. The second kappa shape index (κ2) is 7.42. The molecule has 1 heterocycles. The first-order valence-corrected chi connectivity index (χ1v) is 8.96. The van der Waals surface area contributed by atoms with Crippen LogP contribution in [0.2, 0.25) is 5.02 Å². The summed E-state index contributed by atoms with van der Waals surface area (Å²) in [5.41, 5.74) is 4.35. The Bertz CT molecular complexity index is 919. The van der Waals surface area contributed by atoms with Crippen molar-refractivity contribution in [1.29, 1.82) is 0 Å². The second-order valence-electron chi connectivity index (χ2n) is 5.80. The van der Waals surface area contributed by atoms with E-state index in [9.17, 15) is 4.79 Å². The Kier molecular flexibility index (Phi) is 5.25. The summed E-state index contributed by atoms with van der Waals surface area (Å²) >= 11 is 9.40. The zero-order chi connectivity index (χ0) is 18.0. The van der Waals surface area contributed by atoms with Crippen LogP contribution in [0.5, 0.6) is 0 Å². The van der Waals surface area contributed by atoms with Gasteiger partial charge in [0.25, 0.3) is 5.91 Å². The molecule has 1 N–H and O–H groups in total. The fourth-order valence-corrected chi connectivity index (χ4v) is 2.96. The molecule has 25 heavy (non-hydrogen) atoms. The maximum Gasteiger partial charge on any atom is 0.255 e. The molecular weight excluding hydrogens is 402 g/mol. The van der Waals surface area contributed by atoms with Crippen molar-refractivity contribution in [2.75, 3.05) is 5.32 Å². The number of benzene rings is 2. The molecule has 2 aromatic carbocycles. The second-order valence-corrected chi connectivity index (χ2v) is 7.03. The smallest absolute Gasteiger partial charge is 0.255 e. The van der Waals surface area contributed by atoms with Crippen LogP contribution in [-0.4, -0.2) is 15.7 Å². The van der Waals surface area contributed by atoms with Crippen molar-refractivity contribution in [2.24, 2.45) is 0 Å². The number of carbonyl (C=O) groups is 1. The summed E-state index contributed by atoms with van der Waals surface area (Å²) in [7, 11) is 0. The summed E-state index contributed by atoms with van der Waals surface area (Å²) in [4.78, 5) is 12.5. The lowest BCUT2D eigenvalue weighted by molar-refractivity contribution is 0.102. The third kappa shape index (κ3) is 4.11. The number of aromatic nitrogens is 2. The number of anilines is 1. The number of amides is 1. The van der Waals surface area contributed by atoms with E-state index in [0.29, 0.717) is 22.8 Å². The average Bonchev–Trinajstić information content (AvgIpc) is 2.84. The van der Waals surface area contributed by atoms with Crippen LogP contribution in [0.4, 0.5) is 5.69 Å². The van der Waals surface area contributed by atoms with E-state index < -0.39 is 0 Å². The van der Waals surface area contributed by atoms with Crippen LogP contribution >= 0.6 is 27.5 Å². The number of halogens is 2. The van der Waals surface area contributed by atoms with Gasteiger partial charge >= 0.3 is 0 Å². The third-order valence-electron chi connectivity index (χ3n) is 3.92. The summed E-state index contributed by atoms with van der Waals surface area (Å²) in [6.07, 6.45) is 0. The van der Waals surface area contributed by atoms with Crippen molar-refractivity contribution in [1.82, 2.24) is 9.78 Å². The highest BCUT2D eigenvalue weighted by atomic mass is 79.9. The largest absolute Gasteiger partial charge is 0.322 e. The van der Waals surface area contributed by atoms with Gasteiger partial charge in [0.05, 0.1) is 22.4 Å². The van der Waals surface area contributed by atoms with Crippen molar-refractivity contribution >= 4 is 39.1 Å². The van der Waals surface area contributed by atoms with Crippen LogP contribution in [-0.2, 0) is 6.54 Å². The highest BCUT2D eigenvalue weighted by Gasteiger charge is 2.11. The molecule has 0 aliphatic rings. The van der Waals surface area contributed by atoms with Crippen molar-refractivity contribution < 1.29 is 4.79 Å². The van der Waals surface area contributed by atoms with Gasteiger partial charge in [-0.3, -0.25) is 9.48 Å². The van der Waals surface area contributed by atoms with Crippen molar-refractivity contribution in [3.05, 3.63) is 80.5 Å². The minimum Gasteiger partial charge on any atom is -0.322 e. The van der Waals surface area contributed by atoms with E-state index in [0.717, 1.165) is 21.4 Å². The molecule has 0 radical (unpaired) electrons. The molecule has 0 atom stereocenters. The van der Waals surface area contributed by atoms with Crippen LogP contribution in [0.25, 0.3) is 0 Å². The van der Waals surface area contributed by atoms with Gasteiger partial charge in [-0.1, -0.05) is 23.7 Å². The topological polar surface area (TPSA) is 46.9 Å². The van der Waals surface area contributed by atoms with Gasteiger partial charge in [-0.25, -0.2) is 0 Å². The molecule has 1 amide bonds. The molecule has 3 aromatic rings. The summed E-state index contributed by atoms with van der Waals surface area (Å²) in [6.45, 7) is 4.59. The Morgan fingerprint density at radius 1 is 1.20 bits per heavy atom. The Labute approximate surface area is 159 Å². The fourth-order valence-electron chi connectivity index (χ4n) is 2.55. The molecular formula is C19H17BrClN3O. The van der Waals surface area contributed by atoms with Crippen LogP contribution in [0.15, 0.2) is 53.0 Å². The van der Waals surface area contributed by atoms with E-state index in [2.05, 4.69) is 26.3 Å². The number of hydrogen-bond acceptors (Lipinski definition) is 2. The van der Waals surface area contributed by atoms with Gasteiger partial charge in [0, 0.05) is 16.3 Å². The number of aryl methyl sites for hydroxylation is 1. The van der Waals surface area contributed by atoms with E-state index in [4.69, 9.17) is 11.6 Å². The van der Waals surface area contributed by atoms with E-state index in [1.54, 1.807) is 30.3 Å². The summed E-state index contributed by atoms with van der Waals surface area (Å²) in [5, 5.41) is 8.02. The Balaban J connectivity index is 1.77. The number of carbonyl (C=O) groups excluding carboxylic acids is 1.